The van der Waals surface area contributed by atoms with Crippen LogP contribution < -0.4 is 10.6 Å². The van der Waals surface area contributed by atoms with E-state index in [9.17, 15) is 24.1 Å². The fraction of sp³-hybridized carbons (Fsp3) is 0.333. The van der Waals surface area contributed by atoms with Gasteiger partial charge in [0.2, 0.25) is 11.7 Å². The number of carbonyl (C=O) groups is 2. The zero-order valence-corrected chi connectivity index (χ0v) is 11.0. The number of ether oxygens (including phenoxy) is 1. The Hall–Kier alpha value is -2.71. The predicted octanol–water partition coefficient (Wildman–Crippen LogP) is 0.842. The smallest absolute Gasteiger partial charge is 0.311 e. The predicted molar refractivity (Wildman–Crippen MR) is 69.9 cm³/mol. The summed E-state index contributed by atoms with van der Waals surface area (Å²) in [6, 6.07) is 1.68. The second-order valence-electron chi connectivity index (χ2n) is 4.55. The molecule has 1 heterocycles. The number of carbonyl (C=O) groups excluding carboxylic acids is 2. The van der Waals surface area contributed by atoms with Crippen LogP contribution in [0.5, 0.6) is 0 Å². The van der Waals surface area contributed by atoms with E-state index < -0.39 is 34.2 Å². The molecular weight excluding hydrogens is 285 g/mol. The number of halogens is 1. The van der Waals surface area contributed by atoms with Gasteiger partial charge in [0.25, 0.3) is 0 Å². The Labute approximate surface area is 118 Å². The van der Waals surface area contributed by atoms with Gasteiger partial charge >= 0.3 is 11.7 Å². The highest BCUT2D eigenvalue weighted by Gasteiger charge is 2.37. The van der Waals surface area contributed by atoms with E-state index in [4.69, 9.17) is 5.73 Å². The van der Waals surface area contributed by atoms with Gasteiger partial charge < -0.3 is 15.4 Å². The molecule has 1 fully saturated rings. The van der Waals surface area contributed by atoms with Crippen molar-refractivity contribution in [2.75, 3.05) is 24.3 Å². The molecule has 112 valence electrons. The first-order valence-electron chi connectivity index (χ1n) is 5.96. The molecule has 1 aromatic rings. The number of hydrogen-bond donors (Lipinski definition) is 1. The molecule has 1 aliphatic heterocycles. The number of amides is 1. The molecule has 1 amide bonds. The molecule has 1 saturated heterocycles. The maximum atomic E-state index is 13.4. The first-order valence-corrected chi connectivity index (χ1v) is 5.96. The minimum Gasteiger partial charge on any atom is -0.469 e. The maximum Gasteiger partial charge on any atom is 0.311 e. The third-order valence-corrected chi connectivity index (χ3v) is 3.24. The average Bonchev–Trinajstić information content (AvgIpc) is 2.79. The number of benzene rings is 1. The highest BCUT2D eigenvalue weighted by Crippen LogP contribution is 2.34. The lowest BCUT2D eigenvalue weighted by Gasteiger charge is -2.18. The zero-order valence-electron chi connectivity index (χ0n) is 11.0. The molecule has 0 aliphatic carbocycles. The minimum absolute atomic E-state index is 0.0134. The van der Waals surface area contributed by atoms with Gasteiger partial charge in [0.1, 0.15) is 0 Å². The first kappa shape index (κ1) is 14.7. The summed E-state index contributed by atoms with van der Waals surface area (Å²) in [7, 11) is 1.20. The van der Waals surface area contributed by atoms with Crippen molar-refractivity contribution in [3.63, 3.8) is 0 Å². The third kappa shape index (κ3) is 2.62. The van der Waals surface area contributed by atoms with Crippen molar-refractivity contribution >= 4 is 28.9 Å². The van der Waals surface area contributed by atoms with Gasteiger partial charge in [-0.1, -0.05) is 0 Å². The Balaban J connectivity index is 2.38. The van der Waals surface area contributed by atoms with Crippen LogP contribution >= 0.6 is 0 Å². The molecule has 9 heteroatoms. The van der Waals surface area contributed by atoms with Crippen molar-refractivity contribution in [1.29, 1.82) is 0 Å². The maximum absolute atomic E-state index is 13.4. The summed E-state index contributed by atoms with van der Waals surface area (Å²) in [4.78, 5) is 34.3. The van der Waals surface area contributed by atoms with E-state index in [1.165, 1.54) is 7.11 Å². The lowest BCUT2D eigenvalue weighted by atomic mass is 10.1. The Morgan fingerprint density at radius 1 is 1.57 bits per heavy atom. The van der Waals surface area contributed by atoms with Crippen LogP contribution in [0, 0.1) is 21.8 Å². The summed E-state index contributed by atoms with van der Waals surface area (Å²) < 4.78 is 18.0. The number of nitro benzene ring substituents is 1. The Kier molecular flexibility index (Phi) is 3.74. The normalized spacial score (nSPS) is 17.9. The van der Waals surface area contributed by atoms with E-state index >= 15 is 0 Å². The van der Waals surface area contributed by atoms with E-state index in [-0.39, 0.29) is 24.3 Å². The second kappa shape index (κ2) is 5.35. The fourth-order valence-electron chi connectivity index (χ4n) is 2.20. The number of esters is 1. The van der Waals surface area contributed by atoms with Crippen LogP contribution in [0.2, 0.25) is 0 Å². The second-order valence-corrected chi connectivity index (χ2v) is 4.55. The van der Waals surface area contributed by atoms with Crippen LogP contribution in [0.25, 0.3) is 0 Å². The Bertz CT molecular complexity index is 634. The van der Waals surface area contributed by atoms with Gasteiger partial charge in [0.15, 0.2) is 0 Å². The summed E-state index contributed by atoms with van der Waals surface area (Å²) in [6.45, 7) is -0.0154. The summed E-state index contributed by atoms with van der Waals surface area (Å²) >= 11 is 0. The number of rotatable bonds is 3. The van der Waals surface area contributed by atoms with Crippen LogP contribution in [-0.4, -0.2) is 30.5 Å². The van der Waals surface area contributed by atoms with Gasteiger partial charge in [-0.3, -0.25) is 19.7 Å². The Morgan fingerprint density at radius 2 is 2.24 bits per heavy atom. The van der Waals surface area contributed by atoms with Gasteiger partial charge in [0, 0.05) is 25.1 Å². The van der Waals surface area contributed by atoms with Gasteiger partial charge in [-0.15, -0.1) is 0 Å². The van der Waals surface area contributed by atoms with Crippen molar-refractivity contribution < 1.29 is 23.6 Å². The molecule has 1 unspecified atom stereocenters. The molecule has 0 radical (unpaired) electrons. The number of nitrogens with zero attached hydrogens (tertiary/aromatic N) is 2. The fourth-order valence-corrected chi connectivity index (χ4v) is 2.20. The molecule has 1 aliphatic rings. The van der Waals surface area contributed by atoms with Gasteiger partial charge in [0.05, 0.1) is 29.3 Å². The van der Waals surface area contributed by atoms with Crippen molar-refractivity contribution in [2.24, 2.45) is 5.92 Å². The van der Waals surface area contributed by atoms with Crippen LogP contribution in [0.4, 0.5) is 21.5 Å². The summed E-state index contributed by atoms with van der Waals surface area (Å²) in [6.07, 6.45) is -0.0860. The number of methoxy groups -OCH3 is 1. The summed E-state index contributed by atoms with van der Waals surface area (Å²) in [5, 5.41) is 10.7. The number of nitrogen functional groups attached to an aromatic ring is 1. The van der Waals surface area contributed by atoms with Crippen LogP contribution in [0.1, 0.15) is 6.42 Å². The molecule has 0 aromatic heterocycles. The van der Waals surface area contributed by atoms with Gasteiger partial charge in [-0.25, -0.2) is 0 Å². The standard InChI is InChI=1S/C12H12FN3O5/c1-21-12(18)6-2-11(17)15(5-6)10-4-9(16(19)20)7(13)3-8(10)14/h3-4,6H,2,5,14H2,1H3. The van der Waals surface area contributed by atoms with Crippen molar-refractivity contribution in [2.45, 2.75) is 6.42 Å². The van der Waals surface area contributed by atoms with Crippen LogP contribution in [0.3, 0.4) is 0 Å². The van der Waals surface area contributed by atoms with Crippen molar-refractivity contribution in [1.82, 2.24) is 0 Å². The topological polar surface area (TPSA) is 116 Å². The van der Waals surface area contributed by atoms with Gasteiger partial charge in [-0.05, 0) is 0 Å². The SMILES string of the molecule is COC(=O)C1CC(=O)N(c2cc([N+](=O)[O-])c(F)cc2N)C1. The highest BCUT2D eigenvalue weighted by molar-refractivity contribution is 6.01. The monoisotopic (exact) mass is 297 g/mol. The van der Waals surface area contributed by atoms with Crippen molar-refractivity contribution in [3.8, 4) is 0 Å². The molecule has 0 bridgehead atoms. The third-order valence-electron chi connectivity index (χ3n) is 3.24. The molecular formula is C12H12FN3O5. The minimum atomic E-state index is -1.09. The number of anilines is 2. The number of nitrogens with two attached hydrogens (primary N) is 1. The van der Waals surface area contributed by atoms with Crippen LogP contribution in [-0.2, 0) is 14.3 Å². The van der Waals surface area contributed by atoms with E-state index in [1.807, 2.05) is 0 Å². The van der Waals surface area contributed by atoms with Gasteiger partial charge in [-0.2, -0.15) is 4.39 Å². The zero-order chi connectivity index (χ0) is 15.7. The van der Waals surface area contributed by atoms with E-state index in [2.05, 4.69) is 4.74 Å². The molecule has 8 nitrogen and oxygen atoms in total. The van der Waals surface area contributed by atoms with E-state index in [0.29, 0.717) is 0 Å². The van der Waals surface area contributed by atoms with Crippen molar-refractivity contribution in [3.05, 3.63) is 28.1 Å². The lowest BCUT2D eigenvalue weighted by Crippen LogP contribution is -2.27. The largest absolute Gasteiger partial charge is 0.469 e. The average molecular weight is 297 g/mol. The highest BCUT2D eigenvalue weighted by atomic mass is 19.1. The Morgan fingerprint density at radius 3 is 2.81 bits per heavy atom. The van der Waals surface area contributed by atoms with E-state index in [0.717, 1.165) is 17.0 Å². The molecule has 0 spiro atoms. The summed E-state index contributed by atoms with van der Waals surface area (Å²) in [5.41, 5.74) is 4.73. The first-order chi connectivity index (χ1) is 9.85. The van der Waals surface area contributed by atoms with Crippen LogP contribution in [0.15, 0.2) is 12.1 Å². The lowest BCUT2D eigenvalue weighted by molar-refractivity contribution is -0.387. The number of nitro groups is 1. The molecule has 2 N–H and O–H groups in total. The molecule has 21 heavy (non-hydrogen) atoms. The molecule has 1 atom stereocenters. The van der Waals surface area contributed by atoms with E-state index in [1.54, 1.807) is 0 Å². The molecule has 2 rings (SSSR count). The quantitative estimate of drug-likeness (QED) is 0.382. The molecule has 0 saturated carbocycles. The summed E-state index contributed by atoms with van der Waals surface area (Å²) in [5.74, 6) is -2.75. The molecule has 1 aromatic carbocycles. The number of hydrogen-bond acceptors (Lipinski definition) is 6.